The number of aliphatic imine (C=N–C) groups is 2. The Morgan fingerprint density at radius 1 is 0.970 bits per heavy atom. The number of carbonyl (C=O) groups is 1. The van der Waals surface area contributed by atoms with Crippen molar-refractivity contribution in [3.63, 3.8) is 0 Å². The van der Waals surface area contributed by atoms with E-state index in [1.807, 2.05) is 91.9 Å². The Morgan fingerprint density at radius 2 is 1.55 bits per heavy atom. The molecule has 0 spiro atoms. The second-order valence-electron chi connectivity index (χ2n) is 7.58. The SMILES string of the molecule is CC1=Nc2ccccc2N=C(NC(=O)CSC(N)N(N)c2ccccc2)C1c1ccccc1. The summed E-state index contributed by atoms with van der Waals surface area (Å²) in [5.41, 5.74) is 9.74. The fraction of sp³-hybridized carbons (Fsp3) is 0.160. The molecule has 0 saturated carbocycles. The number of benzene rings is 3. The van der Waals surface area contributed by atoms with Crippen LogP contribution in [0.5, 0.6) is 0 Å². The van der Waals surface area contributed by atoms with Crippen molar-refractivity contribution in [2.75, 3.05) is 10.8 Å². The Kier molecular flexibility index (Phi) is 7.19. The second-order valence-corrected chi connectivity index (χ2v) is 8.68. The Morgan fingerprint density at radius 3 is 2.21 bits per heavy atom. The van der Waals surface area contributed by atoms with E-state index in [4.69, 9.17) is 21.6 Å². The van der Waals surface area contributed by atoms with E-state index in [-0.39, 0.29) is 17.6 Å². The number of carbonyl (C=O) groups excluding carboxylic acids is 1. The molecule has 5 N–H and O–H groups in total. The summed E-state index contributed by atoms with van der Waals surface area (Å²) in [6.45, 7) is 1.96. The van der Waals surface area contributed by atoms with Crippen LogP contribution < -0.4 is 21.9 Å². The minimum atomic E-state index is -0.580. The summed E-state index contributed by atoms with van der Waals surface area (Å²) in [6, 6.07) is 27.0. The molecule has 2 atom stereocenters. The van der Waals surface area contributed by atoms with Crippen LogP contribution >= 0.6 is 11.8 Å². The van der Waals surface area contributed by atoms with Crippen molar-refractivity contribution in [1.82, 2.24) is 5.32 Å². The molecule has 1 amide bonds. The zero-order chi connectivity index (χ0) is 23.2. The van der Waals surface area contributed by atoms with E-state index in [1.54, 1.807) is 0 Å². The minimum absolute atomic E-state index is 0.125. The van der Waals surface area contributed by atoms with E-state index in [0.717, 1.165) is 22.6 Å². The fourth-order valence-corrected chi connectivity index (χ4v) is 4.29. The third-order valence-corrected chi connectivity index (χ3v) is 6.22. The standard InChI is InChI=1S/C25H26N6OS/c1-17-23(18-10-4-2-5-11-18)24(29-21-15-9-8-14-20(21)28-17)30-22(32)16-33-25(26)31(27)19-12-6-3-7-13-19/h2-15,23,25H,16,26-27H2,1H3,(H,29,30,32). The first-order valence-electron chi connectivity index (χ1n) is 10.6. The van der Waals surface area contributed by atoms with Gasteiger partial charge in [0.1, 0.15) is 11.3 Å². The molecule has 33 heavy (non-hydrogen) atoms. The molecule has 168 valence electrons. The zero-order valence-corrected chi connectivity index (χ0v) is 19.1. The van der Waals surface area contributed by atoms with Crippen LogP contribution in [-0.2, 0) is 4.79 Å². The summed E-state index contributed by atoms with van der Waals surface area (Å²) in [6.07, 6.45) is 0. The largest absolute Gasteiger partial charge is 0.313 e. The maximum atomic E-state index is 12.9. The number of hydrazine groups is 1. The van der Waals surface area contributed by atoms with Gasteiger partial charge in [-0.3, -0.25) is 14.8 Å². The molecule has 0 fully saturated rings. The van der Waals surface area contributed by atoms with Crippen LogP contribution in [0.2, 0.25) is 0 Å². The summed E-state index contributed by atoms with van der Waals surface area (Å²) in [7, 11) is 0. The van der Waals surface area contributed by atoms with Gasteiger partial charge in [-0.1, -0.05) is 60.7 Å². The first-order chi connectivity index (χ1) is 16.0. The van der Waals surface area contributed by atoms with Crippen LogP contribution in [0, 0.1) is 0 Å². The van der Waals surface area contributed by atoms with E-state index >= 15 is 0 Å². The molecule has 4 rings (SSSR count). The minimum Gasteiger partial charge on any atom is -0.313 e. The molecule has 0 bridgehead atoms. The highest BCUT2D eigenvalue weighted by Crippen LogP contribution is 2.34. The molecule has 0 radical (unpaired) electrons. The Labute approximate surface area is 197 Å². The van der Waals surface area contributed by atoms with E-state index < -0.39 is 5.50 Å². The van der Waals surface area contributed by atoms with Crippen molar-refractivity contribution >= 4 is 46.3 Å². The number of fused-ring (bicyclic) bond motifs is 1. The van der Waals surface area contributed by atoms with Gasteiger partial charge in [0.2, 0.25) is 5.91 Å². The summed E-state index contributed by atoms with van der Waals surface area (Å²) in [5, 5.41) is 4.45. The molecule has 3 aromatic rings. The van der Waals surface area contributed by atoms with Gasteiger partial charge >= 0.3 is 0 Å². The molecule has 0 saturated heterocycles. The average molecular weight is 459 g/mol. The molecule has 7 nitrogen and oxygen atoms in total. The molecule has 3 aromatic carbocycles. The number of para-hydroxylation sites is 3. The van der Waals surface area contributed by atoms with E-state index in [1.165, 1.54) is 16.8 Å². The lowest BCUT2D eigenvalue weighted by molar-refractivity contribution is -0.117. The van der Waals surface area contributed by atoms with E-state index in [0.29, 0.717) is 11.5 Å². The monoisotopic (exact) mass is 458 g/mol. The normalized spacial score (nSPS) is 16.0. The third-order valence-electron chi connectivity index (χ3n) is 5.22. The van der Waals surface area contributed by atoms with Gasteiger partial charge in [-0.25, -0.2) is 10.8 Å². The lowest BCUT2D eigenvalue weighted by Crippen LogP contribution is -2.46. The number of hydrogen-bond acceptors (Lipinski definition) is 7. The van der Waals surface area contributed by atoms with Gasteiger partial charge in [0.25, 0.3) is 0 Å². The predicted molar refractivity (Wildman–Crippen MR) is 137 cm³/mol. The molecular formula is C25H26N6OS. The van der Waals surface area contributed by atoms with Gasteiger partial charge in [-0.05, 0) is 36.8 Å². The Balaban J connectivity index is 1.52. The van der Waals surface area contributed by atoms with Crippen LogP contribution in [0.1, 0.15) is 18.4 Å². The summed E-state index contributed by atoms with van der Waals surface area (Å²) < 4.78 is 0. The van der Waals surface area contributed by atoms with Crippen molar-refractivity contribution in [2.24, 2.45) is 21.6 Å². The van der Waals surface area contributed by atoms with E-state index in [9.17, 15) is 4.79 Å². The van der Waals surface area contributed by atoms with Gasteiger partial charge in [-0.15, -0.1) is 11.8 Å². The number of anilines is 1. The Hall–Kier alpha value is -3.46. The predicted octanol–water partition coefficient (Wildman–Crippen LogP) is 4.08. The summed E-state index contributed by atoms with van der Waals surface area (Å²) in [4.78, 5) is 22.5. The number of nitrogens with zero attached hydrogens (tertiary/aromatic N) is 3. The maximum Gasteiger partial charge on any atom is 0.235 e. The number of hydrogen-bond donors (Lipinski definition) is 3. The fourth-order valence-electron chi connectivity index (χ4n) is 3.61. The number of amides is 1. The van der Waals surface area contributed by atoms with Crippen molar-refractivity contribution in [3.8, 4) is 0 Å². The molecule has 1 heterocycles. The first-order valence-corrected chi connectivity index (χ1v) is 11.6. The molecule has 8 heteroatoms. The van der Waals surface area contributed by atoms with Gasteiger partial charge in [-0.2, -0.15) is 0 Å². The average Bonchev–Trinajstić information content (AvgIpc) is 2.98. The molecular weight excluding hydrogens is 432 g/mol. The van der Waals surface area contributed by atoms with Gasteiger partial charge in [0.05, 0.1) is 28.7 Å². The van der Waals surface area contributed by atoms with Crippen LogP contribution in [0.4, 0.5) is 17.1 Å². The summed E-state index contributed by atoms with van der Waals surface area (Å²) >= 11 is 1.25. The molecule has 2 unspecified atom stereocenters. The molecule has 0 aromatic heterocycles. The topological polar surface area (TPSA) is 109 Å². The zero-order valence-electron chi connectivity index (χ0n) is 18.3. The molecule has 0 aliphatic carbocycles. The van der Waals surface area contributed by atoms with Gasteiger partial charge < -0.3 is 11.1 Å². The van der Waals surface area contributed by atoms with Gasteiger partial charge in [0.15, 0.2) is 0 Å². The van der Waals surface area contributed by atoms with Crippen LogP contribution in [0.3, 0.4) is 0 Å². The molecule has 1 aliphatic rings. The van der Waals surface area contributed by atoms with Crippen LogP contribution in [-0.4, -0.2) is 28.7 Å². The van der Waals surface area contributed by atoms with Crippen LogP contribution in [0.25, 0.3) is 0 Å². The highest BCUT2D eigenvalue weighted by molar-refractivity contribution is 8.00. The van der Waals surface area contributed by atoms with Crippen molar-refractivity contribution in [1.29, 1.82) is 0 Å². The smallest absolute Gasteiger partial charge is 0.235 e. The van der Waals surface area contributed by atoms with Crippen molar-refractivity contribution in [2.45, 2.75) is 18.3 Å². The number of nitrogens with two attached hydrogens (primary N) is 2. The second kappa shape index (κ2) is 10.4. The highest BCUT2D eigenvalue weighted by Gasteiger charge is 2.26. The lowest BCUT2D eigenvalue weighted by Gasteiger charge is -2.25. The number of nitrogens with one attached hydrogen (secondary N) is 1. The quantitative estimate of drug-likeness (QED) is 0.293. The number of amidine groups is 1. The van der Waals surface area contributed by atoms with E-state index in [2.05, 4.69) is 5.32 Å². The van der Waals surface area contributed by atoms with Crippen molar-refractivity contribution in [3.05, 3.63) is 90.5 Å². The van der Waals surface area contributed by atoms with Gasteiger partial charge in [0, 0.05) is 5.71 Å². The number of rotatable bonds is 6. The summed E-state index contributed by atoms with van der Waals surface area (Å²) in [5.74, 6) is 6.31. The third kappa shape index (κ3) is 5.48. The molecule has 1 aliphatic heterocycles. The lowest BCUT2D eigenvalue weighted by atomic mass is 9.93. The highest BCUT2D eigenvalue weighted by atomic mass is 32.2. The number of thioether (sulfide) groups is 1. The van der Waals surface area contributed by atoms with Crippen molar-refractivity contribution < 1.29 is 4.79 Å². The first kappa shape index (κ1) is 22.7. The van der Waals surface area contributed by atoms with Crippen LogP contribution in [0.15, 0.2) is 94.9 Å². The maximum absolute atomic E-state index is 12.9. The Bertz CT molecular complexity index is 1170.